The highest BCUT2D eigenvalue weighted by Gasteiger charge is 2.42. The molecule has 1 atom stereocenters. The van der Waals surface area contributed by atoms with Crippen molar-refractivity contribution < 1.29 is 19.4 Å². The van der Waals surface area contributed by atoms with Gasteiger partial charge in [0.2, 0.25) is 0 Å². The second kappa shape index (κ2) is 6.19. The van der Waals surface area contributed by atoms with Crippen LogP contribution in [0.3, 0.4) is 0 Å². The van der Waals surface area contributed by atoms with E-state index in [2.05, 4.69) is 0 Å². The molecule has 4 rings (SSSR count). The van der Waals surface area contributed by atoms with Crippen molar-refractivity contribution in [3.63, 3.8) is 0 Å². The summed E-state index contributed by atoms with van der Waals surface area (Å²) in [4.78, 5) is 25.3. The Morgan fingerprint density at radius 2 is 1.64 bits per heavy atom. The maximum absolute atomic E-state index is 12.7. The number of allylic oxidation sites excluding steroid dienone is 4. The van der Waals surface area contributed by atoms with Gasteiger partial charge in [0.15, 0.2) is 11.6 Å². The predicted molar refractivity (Wildman–Crippen MR) is 94.2 cm³/mol. The Hall–Kier alpha value is -1.78. The molecule has 1 aromatic carbocycles. The Kier molecular flexibility index (Phi) is 4.13. The van der Waals surface area contributed by atoms with Crippen molar-refractivity contribution in [3.8, 4) is 5.75 Å². The molecular weight excluding hydrogens is 363 g/mol. The highest BCUT2D eigenvalue weighted by molar-refractivity contribution is 6.35. The number of ketones is 2. The van der Waals surface area contributed by atoms with E-state index in [0.717, 1.165) is 0 Å². The molecular formula is C19H16Cl2O4. The van der Waals surface area contributed by atoms with Gasteiger partial charge in [-0.2, -0.15) is 0 Å². The lowest BCUT2D eigenvalue weighted by Crippen LogP contribution is -2.30. The number of hydrogen-bond acceptors (Lipinski definition) is 4. The minimum atomic E-state index is -0.677. The van der Waals surface area contributed by atoms with Crippen molar-refractivity contribution in [3.05, 3.63) is 50.4 Å². The fourth-order valence-corrected chi connectivity index (χ4v) is 4.51. The number of benzene rings is 1. The van der Waals surface area contributed by atoms with Crippen LogP contribution in [0.5, 0.6) is 5.75 Å². The Morgan fingerprint density at radius 3 is 2.36 bits per heavy atom. The van der Waals surface area contributed by atoms with E-state index in [1.165, 1.54) is 0 Å². The summed E-state index contributed by atoms with van der Waals surface area (Å²) in [5.74, 6) is 0.189. The van der Waals surface area contributed by atoms with Gasteiger partial charge in [0.05, 0.1) is 11.7 Å². The second-order valence-electron chi connectivity index (χ2n) is 6.59. The lowest BCUT2D eigenvalue weighted by molar-refractivity contribution is -0.117. The summed E-state index contributed by atoms with van der Waals surface area (Å²) < 4.78 is 5.93. The van der Waals surface area contributed by atoms with Crippen LogP contribution in [0.1, 0.15) is 50.0 Å². The molecule has 0 amide bonds. The van der Waals surface area contributed by atoms with Gasteiger partial charge >= 0.3 is 0 Å². The Morgan fingerprint density at radius 1 is 0.960 bits per heavy atom. The zero-order valence-corrected chi connectivity index (χ0v) is 14.9. The van der Waals surface area contributed by atoms with E-state index in [9.17, 15) is 14.7 Å². The molecule has 0 saturated heterocycles. The van der Waals surface area contributed by atoms with Crippen LogP contribution in [0.4, 0.5) is 0 Å². The van der Waals surface area contributed by atoms with Gasteiger partial charge in [-0.15, -0.1) is 0 Å². The van der Waals surface area contributed by atoms with Crippen molar-refractivity contribution >= 4 is 34.8 Å². The minimum absolute atomic E-state index is 0.0466. The van der Waals surface area contributed by atoms with Gasteiger partial charge in [0.1, 0.15) is 11.5 Å². The average Bonchev–Trinajstić information content (AvgIpc) is 2.53. The molecule has 1 aromatic rings. The van der Waals surface area contributed by atoms with Crippen LogP contribution in [0, 0.1) is 0 Å². The van der Waals surface area contributed by atoms with Gasteiger partial charge in [0, 0.05) is 52.4 Å². The molecule has 1 unspecified atom stereocenters. The molecule has 0 fully saturated rings. The van der Waals surface area contributed by atoms with E-state index < -0.39 is 5.92 Å². The van der Waals surface area contributed by atoms with Crippen LogP contribution in [0.15, 0.2) is 34.8 Å². The number of carbonyl (C=O) groups excluding carboxylic acids is 2. The fourth-order valence-electron chi connectivity index (χ4n) is 3.93. The fraction of sp³-hybridized carbons (Fsp3) is 0.368. The van der Waals surface area contributed by atoms with Crippen molar-refractivity contribution in [2.24, 2.45) is 0 Å². The number of rotatable bonds is 1. The molecule has 1 N–H and O–H groups in total. The maximum Gasteiger partial charge on any atom is 0.163 e. The van der Waals surface area contributed by atoms with Crippen molar-refractivity contribution in [2.45, 2.75) is 44.4 Å². The van der Waals surface area contributed by atoms with Gasteiger partial charge in [0.25, 0.3) is 0 Å². The first-order valence-corrected chi connectivity index (χ1v) is 9.11. The molecule has 130 valence electrons. The van der Waals surface area contributed by atoms with Crippen LogP contribution in [-0.4, -0.2) is 16.7 Å². The first kappa shape index (κ1) is 16.7. The summed E-state index contributed by atoms with van der Waals surface area (Å²) in [6.07, 6.45) is 3.11. The zero-order valence-electron chi connectivity index (χ0n) is 13.4. The lowest BCUT2D eigenvalue weighted by atomic mass is 9.73. The van der Waals surface area contributed by atoms with E-state index in [0.29, 0.717) is 71.2 Å². The summed E-state index contributed by atoms with van der Waals surface area (Å²) >= 11 is 12.5. The highest BCUT2D eigenvalue weighted by Crippen LogP contribution is 2.51. The molecule has 1 heterocycles. The molecule has 0 spiro atoms. The molecule has 25 heavy (non-hydrogen) atoms. The molecule has 3 aliphatic rings. The van der Waals surface area contributed by atoms with E-state index in [1.54, 1.807) is 12.1 Å². The molecule has 6 heteroatoms. The number of ether oxygens (including phenoxy) is 1. The smallest absolute Gasteiger partial charge is 0.163 e. The number of Topliss-reactive ketones (excluding diaryl/α,β-unsaturated/α-hetero) is 2. The summed E-state index contributed by atoms with van der Waals surface area (Å²) in [5, 5.41) is 11.2. The first-order chi connectivity index (χ1) is 12.0. The number of hydrogen-bond donors (Lipinski definition) is 1. The Bertz CT molecular complexity index is 866. The average molecular weight is 379 g/mol. The molecule has 0 bridgehead atoms. The summed E-state index contributed by atoms with van der Waals surface area (Å²) in [6, 6.07) is 3.21. The largest absolute Gasteiger partial charge is 0.512 e. The van der Waals surface area contributed by atoms with Gasteiger partial charge in [-0.1, -0.05) is 23.2 Å². The molecule has 2 aliphatic carbocycles. The molecule has 1 aliphatic heterocycles. The van der Waals surface area contributed by atoms with E-state index >= 15 is 0 Å². The SMILES string of the molecule is O=C1CCCC(O)=C1C1C2=C(CCCC2=O)Oc2cc(Cl)cc(Cl)c21. The van der Waals surface area contributed by atoms with Crippen molar-refractivity contribution in [1.29, 1.82) is 0 Å². The van der Waals surface area contributed by atoms with Crippen molar-refractivity contribution in [2.75, 3.05) is 0 Å². The Balaban J connectivity index is 2.00. The third kappa shape index (κ3) is 2.68. The van der Waals surface area contributed by atoms with E-state index in [4.69, 9.17) is 27.9 Å². The number of carbonyl (C=O) groups is 2. The number of aliphatic hydroxyl groups excluding tert-OH is 1. The number of aliphatic hydroxyl groups is 1. The highest BCUT2D eigenvalue weighted by atomic mass is 35.5. The van der Waals surface area contributed by atoms with Gasteiger partial charge < -0.3 is 9.84 Å². The molecule has 0 saturated carbocycles. The van der Waals surface area contributed by atoms with Gasteiger partial charge in [-0.05, 0) is 25.0 Å². The van der Waals surface area contributed by atoms with Crippen molar-refractivity contribution in [1.82, 2.24) is 0 Å². The predicted octanol–water partition coefficient (Wildman–Crippen LogP) is 5.04. The summed E-state index contributed by atoms with van der Waals surface area (Å²) in [7, 11) is 0. The quantitative estimate of drug-likeness (QED) is 0.743. The standard InChI is InChI=1S/C19H16Cl2O4/c20-9-7-10(21)16-15(8-9)25-14-6-2-5-13(24)18(14)19(16)17-11(22)3-1-4-12(17)23/h7-8,19,22H,1-6H2. The molecule has 0 radical (unpaired) electrons. The summed E-state index contributed by atoms with van der Waals surface area (Å²) in [6.45, 7) is 0. The van der Waals surface area contributed by atoms with E-state index in [-0.39, 0.29) is 22.9 Å². The van der Waals surface area contributed by atoms with Gasteiger partial charge in [-0.3, -0.25) is 9.59 Å². The van der Waals surface area contributed by atoms with Gasteiger partial charge in [-0.25, -0.2) is 0 Å². The second-order valence-corrected chi connectivity index (χ2v) is 7.43. The Labute approximate surface area is 155 Å². The number of fused-ring (bicyclic) bond motifs is 1. The zero-order chi connectivity index (χ0) is 17.7. The maximum atomic E-state index is 12.7. The lowest BCUT2D eigenvalue weighted by Gasteiger charge is -2.35. The topological polar surface area (TPSA) is 63.6 Å². The molecule has 0 aromatic heterocycles. The van der Waals surface area contributed by atoms with Crippen LogP contribution < -0.4 is 4.74 Å². The van der Waals surface area contributed by atoms with Crippen LogP contribution in [-0.2, 0) is 9.59 Å². The van der Waals surface area contributed by atoms with Crippen LogP contribution >= 0.6 is 23.2 Å². The normalized spacial score (nSPS) is 23.4. The van der Waals surface area contributed by atoms with Crippen LogP contribution in [0.2, 0.25) is 10.0 Å². The summed E-state index contributed by atoms with van der Waals surface area (Å²) in [5.41, 5.74) is 1.28. The monoisotopic (exact) mass is 378 g/mol. The third-order valence-electron chi connectivity index (χ3n) is 4.99. The number of halogens is 2. The van der Waals surface area contributed by atoms with E-state index in [1.807, 2.05) is 0 Å². The first-order valence-electron chi connectivity index (χ1n) is 8.35. The molecule has 4 nitrogen and oxygen atoms in total. The van der Waals surface area contributed by atoms with Crippen LogP contribution in [0.25, 0.3) is 0 Å². The third-order valence-corrected chi connectivity index (χ3v) is 5.52. The minimum Gasteiger partial charge on any atom is -0.512 e.